The molecule has 1 rings (SSSR count). The SMILES string of the molecule is C[C@H]1CC[C@H](CC[C@H](C)OS(=O)(=O)CCl)O1. The highest BCUT2D eigenvalue weighted by Gasteiger charge is 2.23. The molecule has 0 aliphatic carbocycles. The molecule has 0 radical (unpaired) electrons. The average molecular weight is 271 g/mol. The van der Waals surface area contributed by atoms with Crippen molar-refractivity contribution in [3.05, 3.63) is 0 Å². The molecule has 96 valence electrons. The maximum Gasteiger partial charge on any atom is 0.281 e. The van der Waals surface area contributed by atoms with Gasteiger partial charge in [0.1, 0.15) is 5.21 Å². The van der Waals surface area contributed by atoms with E-state index in [1.54, 1.807) is 6.92 Å². The van der Waals surface area contributed by atoms with Gasteiger partial charge in [0.25, 0.3) is 10.1 Å². The maximum absolute atomic E-state index is 11.1. The van der Waals surface area contributed by atoms with Gasteiger partial charge in [-0.15, -0.1) is 11.6 Å². The highest BCUT2D eigenvalue weighted by Crippen LogP contribution is 2.23. The van der Waals surface area contributed by atoms with Crippen molar-refractivity contribution >= 4 is 21.7 Å². The number of ether oxygens (including phenoxy) is 1. The molecule has 0 aromatic rings. The molecule has 16 heavy (non-hydrogen) atoms. The summed E-state index contributed by atoms with van der Waals surface area (Å²) in [5.41, 5.74) is 0. The van der Waals surface area contributed by atoms with Crippen molar-refractivity contribution in [3.63, 3.8) is 0 Å². The molecule has 0 aromatic carbocycles. The summed E-state index contributed by atoms with van der Waals surface area (Å²) < 4.78 is 32.6. The summed E-state index contributed by atoms with van der Waals surface area (Å²) >= 11 is 5.25. The van der Waals surface area contributed by atoms with Crippen molar-refractivity contribution < 1.29 is 17.3 Å². The average Bonchev–Trinajstić information content (AvgIpc) is 2.61. The summed E-state index contributed by atoms with van der Waals surface area (Å²) in [6, 6.07) is 0. The Labute approximate surface area is 102 Å². The molecule has 0 aromatic heterocycles. The van der Waals surface area contributed by atoms with Gasteiger partial charge >= 0.3 is 0 Å². The fourth-order valence-electron chi connectivity index (χ4n) is 1.84. The molecule has 0 unspecified atom stereocenters. The molecular formula is C10H19ClO4S. The fourth-order valence-corrected chi connectivity index (χ4v) is 2.64. The van der Waals surface area contributed by atoms with Crippen LogP contribution in [-0.2, 0) is 19.0 Å². The van der Waals surface area contributed by atoms with Gasteiger partial charge in [-0.25, -0.2) is 0 Å². The zero-order chi connectivity index (χ0) is 12.2. The van der Waals surface area contributed by atoms with E-state index in [0.717, 1.165) is 19.3 Å². The van der Waals surface area contributed by atoms with Crippen LogP contribution in [0.2, 0.25) is 0 Å². The van der Waals surface area contributed by atoms with Gasteiger partial charge in [0.15, 0.2) is 0 Å². The quantitative estimate of drug-likeness (QED) is 0.549. The third kappa shape index (κ3) is 4.99. The van der Waals surface area contributed by atoms with Gasteiger partial charge in [0.05, 0.1) is 18.3 Å². The summed E-state index contributed by atoms with van der Waals surface area (Å²) in [5.74, 6) is 0. The van der Waals surface area contributed by atoms with Crippen LogP contribution >= 0.6 is 11.6 Å². The van der Waals surface area contributed by atoms with Crippen LogP contribution in [0.3, 0.4) is 0 Å². The minimum absolute atomic E-state index is 0.250. The number of halogens is 1. The topological polar surface area (TPSA) is 52.6 Å². The Bertz CT molecular complexity index is 304. The van der Waals surface area contributed by atoms with Crippen molar-refractivity contribution in [1.29, 1.82) is 0 Å². The van der Waals surface area contributed by atoms with Crippen LogP contribution < -0.4 is 0 Å². The molecule has 0 saturated carbocycles. The summed E-state index contributed by atoms with van der Waals surface area (Å²) in [5, 5.41) is -0.492. The van der Waals surface area contributed by atoms with E-state index < -0.39 is 15.3 Å². The molecule has 0 amide bonds. The third-order valence-electron chi connectivity index (χ3n) is 2.66. The Morgan fingerprint density at radius 3 is 2.69 bits per heavy atom. The van der Waals surface area contributed by atoms with Crippen LogP contribution in [0, 0.1) is 0 Å². The van der Waals surface area contributed by atoms with Gasteiger partial charge in [-0.2, -0.15) is 8.42 Å². The van der Waals surface area contributed by atoms with Crippen molar-refractivity contribution in [1.82, 2.24) is 0 Å². The Hall–Kier alpha value is 0.160. The normalized spacial score (nSPS) is 28.2. The monoisotopic (exact) mass is 270 g/mol. The van der Waals surface area contributed by atoms with Gasteiger partial charge in [-0.05, 0) is 39.5 Å². The Morgan fingerprint density at radius 2 is 2.19 bits per heavy atom. The highest BCUT2D eigenvalue weighted by atomic mass is 35.5. The van der Waals surface area contributed by atoms with E-state index in [-0.39, 0.29) is 12.2 Å². The van der Waals surface area contributed by atoms with Gasteiger partial charge in [0, 0.05) is 0 Å². The summed E-state index contributed by atoms with van der Waals surface area (Å²) in [6.07, 6.45) is 3.89. The van der Waals surface area contributed by atoms with Crippen LogP contribution in [0.1, 0.15) is 39.5 Å². The lowest BCUT2D eigenvalue weighted by Gasteiger charge is -2.15. The molecule has 1 saturated heterocycles. The summed E-state index contributed by atoms with van der Waals surface area (Å²) in [7, 11) is -3.55. The fraction of sp³-hybridized carbons (Fsp3) is 1.00. The van der Waals surface area contributed by atoms with E-state index in [9.17, 15) is 8.42 Å². The van der Waals surface area contributed by atoms with Crippen LogP contribution in [0.4, 0.5) is 0 Å². The van der Waals surface area contributed by atoms with Crippen LogP contribution in [0.15, 0.2) is 0 Å². The second-order valence-corrected chi connectivity index (χ2v) is 6.48. The van der Waals surface area contributed by atoms with Gasteiger partial charge < -0.3 is 4.74 Å². The van der Waals surface area contributed by atoms with Crippen molar-refractivity contribution in [2.45, 2.75) is 57.8 Å². The minimum Gasteiger partial charge on any atom is -0.375 e. The van der Waals surface area contributed by atoms with E-state index >= 15 is 0 Å². The molecule has 1 aliphatic heterocycles. The first-order valence-electron chi connectivity index (χ1n) is 5.55. The maximum atomic E-state index is 11.1. The zero-order valence-electron chi connectivity index (χ0n) is 9.69. The molecular weight excluding hydrogens is 252 g/mol. The second kappa shape index (κ2) is 6.19. The highest BCUT2D eigenvalue weighted by molar-refractivity contribution is 7.87. The second-order valence-electron chi connectivity index (χ2n) is 4.30. The first-order valence-corrected chi connectivity index (χ1v) is 7.66. The summed E-state index contributed by atoms with van der Waals surface area (Å²) in [4.78, 5) is 0. The van der Waals surface area contributed by atoms with Crippen molar-refractivity contribution in [2.24, 2.45) is 0 Å². The summed E-state index contributed by atoms with van der Waals surface area (Å²) in [6.45, 7) is 3.79. The molecule has 0 spiro atoms. The van der Waals surface area contributed by atoms with Crippen LogP contribution in [-0.4, -0.2) is 31.9 Å². The van der Waals surface area contributed by atoms with Crippen LogP contribution in [0.5, 0.6) is 0 Å². The number of rotatable bonds is 6. The molecule has 6 heteroatoms. The van der Waals surface area contributed by atoms with Gasteiger partial charge in [-0.1, -0.05) is 0 Å². The first-order chi connectivity index (χ1) is 7.43. The molecule has 4 nitrogen and oxygen atoms in total. The van der Waals surface area contributed by atoms with Crippen molar-refractivity contribution in [2.75, 3.05) is 5.21 Å². The first kappa shape index (κ1) is 14.2. The van der Waals surface area contributed by atoms with E-state index in [4.69, 9.17) is 20.5 Å². The number of hydrogen-bond donors (Lipinski definition) is 0. The third-order valence-corrected chi connectivity index (χ3v) is 4.35. The Morgan fingerprint density at radius 1 is 1.50 bits per heavy atom. The molecule has 0 N–H and O–H groups in total. The number of hydrogen-bond acceptors (Lipinski definition) is 4. The van der Waals surface area contributed by atoms with E-state index in [0.29, 0.717) is 12.5 Å². The van der Waals surface area contributed by atoms with E-state index in [2.05, 4.69) is 6.92 Å². The Balaban J connectivity index is 2.22. The predicted molar refractivity (Wildman–Crippen MR) is 63.0 cm³/mol. The zero-order valence-corrected chi connectivity index (χ0v) is 11.3. The molecule has 0 bridgehead atoms. The van der Waals surface area contributed by atoms with Crippen LogP contribution in [0.25, 0.3) is 0 Å². The lowest BCUT2D eigenvalue weighted by Crippen LogP contribution is -2.18. The largest absolute Gasteiger partial charge is 0.375 e. The number of alkyl halides is 1. The van der Waals surface area contributed by atoms with E-state index in [1.165, 1.54) is 0 Å². The molecule has 1 aliphatic rings. The standard InChI is InChI=1S/C10H19ClO4S/c1-8-3-5-10(14-8)6-4-9(2)15-16(12,13)7-11/h8-10H,3-7H2,1-2H3/t8-,9-,10+/m0/s1. The molecule has 1 heterocycles. The molecule has 3 atom stereocenters. The lowest BCUT2D eigenvalue weighted by molar-refractivity contribution is 0.0434. The van der Waals surface area contributed by atoms with Crippen molar-refractivity contribution in [3.8, 4) is 0 Å². The predicted octanol–water partition coefficient (Wildman–Crippen LogP) is 2.27. The lowest BCUT2D eigenvalue weighted by atomic mass is 10.1. The van der Waals surface area contributed by atoms with E-state index in [1.807, 2.05) is 0 Å². The minimum atomic E-state index is -3.55. The molecule has 1 fully saturated rings. The smallest absolute Gasteiger partial charge is 0.281 e. The van der Waals surface area contributed by atoms with Gasteiger partial charge in [0.2, 0.25) is 0 Å². The van der Waals surface area contributed by atoms with Gasteiger partial charge in [-0.3, -0.25) is 4.18 Å². The Kier molecular flexibility index (Phi) is 5.50.